The van der Waals surface area contributed by atoms with E-state index in [1.165, 1.54) is 0 Å². The first kappa shape index (κ1) is 18.6. The van der Waals surface area contributed by atoms with Gasteiger partial charge >= 0.3 is 6.18 Å². The third-order valence-corrected chi connectivity index (χ3v) is 4.06. The number of nitrogens with zero attached hydrogens (tertiary/aromatic N) is 2. The maximum Gasteiger partial charge on any atom is 0.433 e. The van der Waals surface area contributed by atoms with E-state index >= 15 is 0 Å². The van der Waals surface area contributed by atoms with Gasteiger partial charge in [0.1, 0.15) is 5.69 Å². The van der Waals surface area contributed by atoms with Crippen molar-refractivity contribution in [1.29, 1.82) is 0 Å². The van der Waals surface area contributed by atoms with Crippen molar-refractivity contribution in [2.24, 2.45) is 0 Å². The fourth-order valence-electron chi connectivity index (χ4n) is 2.76. The number of anilines is 1. The van der Waals surface area contributed by atoms with Crippen LogP contribution in [-0.2, 0) is 11.0 Å². The van der Waals surface area contributed by atoms with Gasteiger partial charge in [-0.15, -0.1) is 0 Å². The normalized spacial score (nSPS) is 11.8. The van der Waals surface area contributed by atoms with Crippen molar-refractivity contribution in [3.63, 3.8) is 0 Å². The zero-order valence-electron chi connectivity index (χ0n) is 14.5. The number of nitrogens with one attached hydrogen (secondary N) is 1. The Balaban J connectivity index is 1.86. The smallest absolute Gasteiger partial charge is 0.344 e. The van der Waals surface area contributed by atoms with Gasteiger partial charge in [0.2, 0.25) is 0 Å². The highest BCUT2D eigenvalue weighted by Gasteiger charge is 2.32. The van der Waals surface area contributed by atoms with Crippen LogP contribution in [0.3, 0.4) is 0 Å². The summed E-state index contributed by atoms with van der Waals surface area (Å²) in [6.07, 6.45) is -2.09. The van der Waals surface area contributed by atoms with E-state index in [0.717, 1.165) is 23.8 Å². The van der Waals surface area contributed by atoms with Gasteiger partial charge in [-0.3, -0.25) is 9.59 Å². The molecule has 0 aliphatic heterocycles. The van der Waals surface area contributed by atoms with E-state index in [4.69, 9.17) is 0 Å². The Kier molecular flexibility index (Phi) is 4.73. The molecule has 1 amide bonds. The average Bonchev–Trinajstić information content (AvgIpc) is 3.00. The Morgan fingerprint density at radius 2 is 1.81 bits per heavy atom. The van der Waals surface area contributed by atoms with E-state index < -0.39 is 23.6 Å². The molecule has 0 radical (unpaired) electrons. The van der Waals surface area contributed by atoms with Crippen molar-refractivity contribution in [2.45, 2.75) is 26.1 Å². The fourth-order valence-corrected chi connectivity index (χ4v) is 2.76. The van der Waals surface area contributed by atoms with Crippen molar-refractivity contribution in [2.75, 3.05) is 5.32 Å². The quantitative estimate of drug-likeness (QED) is 0.541. The molecule has 2 heterocycles. The number of rotatable bonds is 4. The number of Topliss-reactive ketones (excluding diaryl/α,β-unsaturated/α-hetero) is 1. The number of hydrogen-bond acceptors (Lipinski definition) is 3. The molecule has 5 nitrogen and oxygen atoms in total. The lowest BCUT2D eigenvalue weighted by Crippen LogP contribution is -2.23. The molecule has 0 saturated carbocycles. The summed E-state index contributed by atoms with van der Waals surface area (Å²) in [5.41, 5.74) is -0.0164. The minimum atomic E-state index is -4.57. The lowest BCUT2D eigenvalue weighted by Gasteiger charge is -2.08. The van der Waals surface area contributed by atoms with Gasteiger partial charge in [-0.2, -0.15) is 13.2 Å². The summed E-state index contributed by atoms with van der Waals surface area (Å²) in [4.78, 5) is 28.2. The summed E-state index contributed by atoms with van der Waals surface area (Å²) in [7, 11) is 0. The molecule has 0 spiro atoms. The Morgan fingerprint density at radius 1 is 1.11 bits per heavy atom. The molecule has 0 unspecified atom stereocenters. The molecule has 0 aliphatic rings. The zero-order valence-corrected chi connectivity index (χ0v) is 14.5. The number of alkyl halides is 3. The second-order valence-corrected chi connectivity index (χ2v) is 6.27. The van der Waals surface area contributed by atoms with Crippen LogP contribution in [0.4, 0.5) is 18.9 Å². The number of carbonyl (C=O) groups is 2. The number of hydrogen-bond donors (Lipinski definition) is 1. The first-order valence-corrected chi connectivity index (χ1v) is 8.17. The lowest BCUT2D eigenvalue weighted by molar-refractivity contribution is -0.141. The van der Waals surface area contributed by atoms with Crippen LogP contribution in [-0.4, -0.2) is 21.2 Å². The summed E-state index contributed by atoms with van der Waals surface area (Å²) in [6.45, 7) is 3.91. The summed E-state index contributed by atoms with van der Waals surface area (Å²) < 4.78 is 39.5. The number of benzene rings is 1. The van der Waals surface area contributed by atoms with E-state index in [1.54, 1.807) is 18.3 Å². The first-order chi connectivity index (χ1) is 12.7. The highest BCUT2D eigenvalue weighted by molar-refractivity contribution is 6.48. The molecular weight excluding hydrogens is 359 g/mol. The minimum absolute atomic E-state index is 0.00828. The van der Waals surface area contributed by atoms with Gasteiger partial charge in [0.25, 0.3) is 11.7 Å². The first-order valence-electron chi connectivity index (χ1n) is 8.17. The maximum absolute atomic E-state index is 12.6. The zero-order chi connectivity index (χ0) is 19.8. The van der Waals surface area contributed by atoms with Crippen molar-refractivity contribution in [1.82, 2.24) is 9.55 Å². The van der Waals surface area contributed by atoms with E-state index in [1.807, 2.05) is 30.5 Å². The second-order valence-electron chi connectivity index (χ2n) is 6.27. The Morgan fingerprint density at radius 3 is 2.41 bits per heavy atom. The average molecular weight is 375 g/mol. The van der Waals surface area contributed by atoms with Crippen LogP contribution in [0.1, 0.15) is 35.9 Å². The topological polar surface area (TPSA) is 64.0 Å². The van der Waals surface area contributed by atoms with Gasteiger partial charge in [0, 0.05) is 23.1 Å². The molecule has 0 saturated heterocycles. The van der Waals surface area contributed by atoms with E-state index in [2.05, 4.69) is 10.3 Å². The van der Waals surface area contributed by atoms with Crippen molar-refractivity contribution in [3.8, 4) is 0 Å². The van der Waals surface area contributed by atoms with Crippen LogP contribution in [0.2, 0.25) is 0 Å². The van der Waals surface area contributed by atoms with Crippen LogP contribution in [0.15, 0.2) is 48.8 Å². The van der Waals surface area contributed by atoms with Crippen LogP contribution in [0, 0.1) is 0 Å². The highest BCUT2D eigenvalue weighted by Crippen LogP contribution is 2.28. The summed E-state index contributed by atoms with van der Waals surface area (Å²) in [5, 5.41) is 2.93. The summed E-state index contributed by atoms with van der Waals surface area (Å²) >= 11 is 0. The van der Waals surface area contributed by atoms with Crippen molar-refractivity contribution >= 4 is 28.3 Å². The predicted octanol–water partition coefficient (Wildman–Crippen LogP) is 4.46. The van der Waals surface area contributed by atoms with Crippen molar-refractivity contribution < 1.29 is 22.8 Å². The largest absolute Gasteiger partial charge is 0.433 e. The second kappa shape index (κ2) is 6.86. The van der Waals surface area contributed by atoms with Gasteiger partial charge in [-0.1, -0.05) is 18.2 Å². The third kappa shape index (κ3) is 3.69. The molecule has 0 atom stereocenters. The predicted molar refractivity (Wildman–Crippen MR) is 94.5 cm³/mol. The molecule has 3 aromatic rings. The number of para-hydroxylation sites is 1. The fraction of sp³-hybridized carbons (Fsp3) is 0.211. The number of pyridine rings is 1. The molecule has 27 heavy (non-hydrogen) atoms. The minimum Gasteiger partial charge on any atom is -0.344 e. The molecular formula is C19H16F3N3O2. The van der Waals surface area contributed by atoms with Crippen LogP contribution in [0.25, 0.3) is 10.9 Å². The lowest BCUT2D eigenvalue weighted by atomic mass is 10.1. The number of aromatic nitrogens is 2. The molecule has 1 N–H and O–H groups in total. The SMILES string of the molecule is CC(C)n1cc(C(=O)C(=O)Nc2ccc(C(F)(F)F)nc2)c2ccccc21. The van der Waals surface area contributed by atoms with Gasteiger partial charge in [0.05, 0.1) is 17.4 Å². The molecule has 2 aromatic heterocycles. The number of fused-ring (bicyclic) bond motifs is 1. The van der Waals surface area contributed by atoms with E-state index in [9.17, 15) is 22.8 Å². The van der Waals surface area contributed by atoms with Gasteiger partial charge in [-0.05, 0) is 32.0 Å². The van der Waals surface area contributed by atoms with Crippen LogP contribution >= 0.6 is 0 Å². The number of amides is 1. The monoisotopic (exact) mass is 375 g/mol. The molecule has 0 aliphatic carbocycles. The molecule has 0 bridgehead atoms. The molecule has 8 heteroatoms. The Labute approximate surface area is 152 Å². The van der Waals surface area contributed by atoms with E-state index in [0.29, 0.717) is 5.39 Å². The van der Waals surface area contributed by atoms with Crippen LogP contribution < -0.4 is 5.32 Å². The van der Waals surface area contributed by atoms with E-state index in [-0.39, 0.29) is 17.3 Å². The number of carbonyl (C=O) groups excluding carboxylic acids is 2. The maximum atomic E-state index is 12.6. The molecule has 0 fully saturated rings. The van der Waals surface area contributed by atoms with Crippen LogP contribution in [0.5, 0.6) is 0 Å². The molecule has 3 rings (SSSR count). The molecule has 1 aromatic carbocycles. The van der Waals surface area contributed by atoms with Gasteiger partial charge < -0.3 is 9.88 Å². The number of halogens is 3. The Bertz CT molecular complexity index is 1010. The number of ketones is 1. The van der Waals surface area contributed by atoms with Crippen molar-refractivity contribution in [3.05, 3.63) is 60.0 Å². The Hall–Kier alpha value is -3.16. The van der Waals surface area contributed by atoms with Gasteiger partial charge in [-0.25, -0.2) is 4.98 Å². The summed E-state index contributed by atoms with van der Waals surface area (Å²) in [6, 6.07) is 9.07. The standard InChI is InChI=1S/C19H16F3N3O2/c1-11(2)25-10-14(13-5-3-4-6-15(13)25)17(26)18(27)24-12-7-8-16(23-9-12)19(20,21)22/h3-11H,1-2H3,(H,24,27). The van der Waals surface area contributed by atoms with Gasteiger partial charge in [0.15, 0.2) is 0 Å². The summed E-state index contributed by atoms with van der Waals surface area (Å²) in [5.74, 6) is -1.71. The molecule has 140 valence electrons. The third-order valence-electron chi connectivity index (χ3n) is 4.06. The highest BCUT2D eigenvalue weighted by atomic mass is 19.4.